The molecule has 37 heavy (non-hydrogen) atoms. The number of nitriles is 1. The number of hydrogen-bond donors (Lipinski definition) is 2. The maximum Gasteiger partial charge on any atom is 0.123 e. The third-order valence-corrected chi connectivity index (χ3v) is 7.53. The van der Waals surface area contributed by atoms with Crippen molar-refractivity contribution in [3.05, 3.63) is 77.5 Å². The summed E-state index contributed by atoms with van der Waals surface area (Å²) in [7, 11) is 0. The molecule has 2 heterocycles. The minimum Gasteiger partial charge on any atom is -0.383 e. The Kier molecular flexibility index (Phi) is 5.41. The van der Waals surface area contributed by atoms with Crippen molar-refractivity contribution in [1.82, 2.24) is 20.0 Å². The van der Waals surface area contributed by atoms with E-state index in [0.29, 0.717) is 5.56 Å². The lowest BCUT2D eigenvalue weighted by atomic mass is 9.50. The van der Waals surface area contributed by atoms with E-state index < -0.39 is 0 Å². The first-order chi connectivity index (χ1) is 17.7. The predicted molar refractivity (Wildman–Crippen MR) is 142 cm³/mol. The lowest BCUT2D eigenvalue weighted by Crippen LogP contribution is -2.59. The van der Waals surface area contributed by atoms with Crippen LogP contribution in [0.5, 0.6) is 0 Å². The summed E-state index contributed by atoms with van der Waals surface area (Å²) in [5.41, 5.74) is 4.91. The van der Waals surface area contributed by atoms with Gasteiger partial charge >= 0.3 is 0 Å². The first-order valence-electron chi connectivity index (χ1n) is 12.7. The molecule has 1 atom stereocenters. The Labute approximate surface area is 215 Å². The Balaban J connectivity index is 1.39. The van der Waals surface area contributed by atoms with Gasteiger partial charge in [0.1, 0.15) is 17.6 Å². The van der Waals surface area contributed by atoms with Gasteiger partial charge in [0.25, 0.3) is 0 Å². The van der Waals surface area contributed by atoms with Gasteiger partial charge in [0.15, 0.2) is 0 Å². The van der Waals surface area contributed by atoms with Crippen molar-refractivity contribution in [2.24, 2.45) is 11.3 Å². The zero-order valence-electron chi connectivity index (χ0n) is 21.3. The molecule has 1 unspecified atom stereocenters. The number of nitrogens with one attached hydrogen (secondary N) is 2. The molecule has 3 saturated carbocycles. The van der Waals surface area contributed by atoms with E-state index in [1.54, 1.807) is 18.3 Å². The second kappa shape index (κ2) is 8.55. The molecular weight excluding hydrogens is 465 g/mol. The van der Waals surface area contributed by atoms with Crippen molar-refractivity contribution >= 4 is 22.3 Å². The van der Waals surface area contributed by atoms with Crippen molar-refractivity contribution in [2.45, 2.75) is 51.6 Å². The molecular formula is C29H30FN7. The van der Waals surface area contributed by atoms with E-state index >= 15 is 0 Å². The first-order valence-corrected chi connectivity index (χ1v) is 12.7. The summed E-state index contributed by atoms with van der Waals surface area (Å²) in [5.74, 6) is 0.553. The zero-order valence-corrected chi connectivity index (χ0v) is 21.3. The fourth-order valence-electron chi connectivity index (χ4n) is 5.39. The van der Waals surface area contributed by atoms with Crippen LogP contribution in [-0.2, 0) is 5.54 Å². The van der Waals surface area contributed by atoms with Gasteiger partial charge in [-0.3, -0.25) is 4.98 Å². The van der Waals surface area contributed by atoms with E-state index in [1.165, 1.54) is 31.4 Å². The normalized spacial score (nSPS) is 21.0. The van der Waals surface area contributed by atoms with Gasteiger partial charge in [-0.25, -0.2) is 9.07 Å². The van der Waals surface area contributed by atoms with Gasteiger partial charge in [0, 0.05) is 23.8 Å². The number of anilines is 2. The average Bonchev–Trinajstić information content (AvgIpc) is 3.28. The average molecular weight is 496 g/mol. The molecule has 0 aliphatic heterocycles. The molecule has 0 spiro atoms. The minimum absolute atomic E-state index is 0.0684. The fourth-order valence-corrected chi connectivity index (χ4v) is 5.39. The summed E-state index contributed by atoms with van der Waals surface area (Å²) in [6.45, 7) is 7.27. The Morgan fingerprint density at radius 3 is 2.57 bits per heavy atom. The fraction of sp³-hybridized carbons (Fsp3) is 0.379. The third kappa shape index (κ3) is 4.39. The quantitative estimate of drug-likeness (QED) is 0.326. The van der Waals surface area contributed by atoms with Crippen LogP contribution in [0.15, 0.2) is 54.9 Å². The Morgan fingerprint density at radius 2 is 1.92 bits per heavy atom. The van der Waals surface area contributed by atoms with Gasteiger partial charge in [-0.05, 0) is 66.5 Å². The number of fused-ring (bicyclic) bond motifs is 1. The third-order valence-electron chi connectivity index (χ3n) is 7.53. The van der Waals surface area contributed by atoms with Crippen molar-refractivity contribution in [3.8, 4) is 6.07 Å². The van der Waals surface area contributed by atoms with E-state index in [-0.39, 0.29) is 22.8 Å². The number of nitrogens with zero attached hydrogens (tertiary/aromatic N) is 5. The molecule has 0 radical (unpaired) electrons. The Bertz CT molecular complexity index is 1490. The van der Waals surface area contributed by atoms with Gasteiger partial charge in [-0.1, -0.05) is 38.1 Å². The molecule has 188 valence electrons. The van der Waals surface area contributed by atoms with E-state index in [1.807, 2.05) is 29.1 Å². The first kappa shape index (κ1) is 23.4. The van der Waals surface area contributed by atoms with Crippen molar-refractivity contribution in [1.29, 1.82) is 5.26 Å². The summed E-state index contributed by atoms with van der Waals surface area (Å²) < 4.78 is 15.8. The van der Waals surface area contributed by atoms with Gasteiger partial charge in [0.2, 0.25) is 0 Å². The standard InChI is InChI=1S/C29H30FN7/c1-28(2,3)17-33-24-10-23(9-21-8-18(14-31)15-32-26(21)24)34-27(20-4-6-22(30)7-5-20)25-16-37(36-35-25)29-11-19(12-29)13-29/h4-10,15-16,19,27,33-34H,11-13,17H2,1-3H3. The highest BCUT2D eigenvalue weighted by molar-refractivity contribution is 5.94. The number of halogens is 1. The molecule has 8 heteroatoms. The highest BCUT2D eigenvalue weighted by Crippen LogP contribution is 2.62. The van der Waals surface area contributed by atoms with E-state index in [2.05, 4.69) is 52.8 Å². The van der Waals surface area contributed by atoms with Gasteiger partial charge in [-0.2, -0.15) is 5.26 Å². The molecule has 2 aromatic carbocycles. The molecule has 3 aliphatic rings. The Morgan fingerprint density at radius 1 is 1.16 bits per heavy atom. The maximum atomic E-state index is 13.8. The highest BCUT2D eigenvalue weighted by Gasteiger charge is 2.58. The van der Waals surface area contributed by atoms with Crippen LogP contribution < -0.4 is 10.6 Å². The zero-order chi connectivity index (χ0) is 25.8. The molecule has 0 amide bonds. The molecule has 4 aromatic rings. The van der Waals surface area contributed by atoms with Crippen LogP contribution in [0.2, 0.25) is 0 Å². The second-order valence-electron chi connectivity index (χ2n) is 11.8. The molecule has 7 rings (SSSR count). The summed E-state index contributed by atoms with van der Waals surface area (Å²) in [6.07, 6.45) is 7.15. The van der Waals surface area contributed by atoms with Gasteiger partial charge in [0.05, 0.1) is 34.5 Å². The topological polar surface area (TPSA) is 91.5 Å². The molecule has 7 nitrogen and oxygen atoms in total. The summed E-state index contributed by atoms with van der Waals surface area (Å²) in [4.78, 5) is 4.57. The number of aromatic nitrogens is 4. The van der Waals surface area contributed by atoms with E-state index in [9.17, 15) is 9.65 Å². The second-order valence-corrected chi connectivity index (χ2v) is 11.8. The van der Waals surface area contributed by atoms with Crippen LogP contribution in [-0.4, -0.2) is 26.5 Å². The van der Waals surface area contributed by atoms with Crippen LogP contribution in [0, 0.1) is 28.5 Å². The molecule has 2 bridgehead atoms. The van der Waals surface area contributed by atoms with Crippen LogP contribution in [0.3, 0.4) is 0 Å². The molecule has 3 aliphatic carbocycles. The lowest BCUT2D eigenvalue weighted by Gasteiger charge is -2.61. The largest absolute Gasteiger partial charge is 0.383 e. The lowest BCUT2D eigenvalue weighted by molar-refractivity contribution is -0.0989. The molecule has 2 N–H and O–H groups in total. The SMILES string of the molecule is CC(C)(C)CNc1cc(NC(c2ccc(F)cc2)c2cn(C34CC(C3)C4)nn2)cc2cc(C#N)cnc12. The van der Waals surface area contributed by atoms with E-state index in [4.69, 9.17) is 0 Å². The van der Waals surface area contributed by atoms with Crippen molar-refractivity contribution < 1.29 is 4.39 Å². The summed E-state index contributed by atoms with van der Waals surface area (Å²) in [6, 6.07) is 14.2. The highest BCUT2D eigenvalue weighted by atomic mass is 19.1. The van der Waals surface area contributed by atoms with Crippen molar-refractivity contribution in [2.75, 3.05) is 17.2 Å². The van der Waals surface area contributed by atoms with Gasteiger partial charge < -0.3 is 10.6 Å². The van der Waals surface area contributed by atoms with Crippen molar-refractivity contribution in [3.63, 3.8) is 0 Å². The maximum absolute atomic E-state index is 13.8. The number of pyridine rings is 1. The molecule has 0 saturated heterocycles. The van der Waals surface area contributed by atoms with E-state index in [0.717, 1.165) is 46.0 Å². The van der Waals surface area contributed by atoms with Crippen LogP contribution >= 0.6 is 0 Å². The van der Waals surface area contributed by atoms with Gasteiger partial charge in [-0.15, -0.1) is 5.10 Å². The monoisotopic (exact) mass is 495 g/mol. The number of benzene rings is 2. The smallest absolute Gasteiger partial charge is 0.123 e. The van der Waals surface area contributed by atoms with Crippen LogP contribution in [0.1, 0.15) is 62.9 Å². The molecule has 3 fully saturated rings. The number of hydrogen-bond acceptors (Lipinski definition) is 6. The summed E-state index contributed by atoms with van der Waals surface area (Å²) >= 11 is 0. The summed E-state index contributed by atoms with van der Waals surface area (Å²) in [5, 5.41) is 26.5. The Hall–Kier alpha value is -3.99. The van der Waals surface area contributed by atoms with Crippen LogP contribution in [0.4, 0.5) is 15.8 Å². The minimum atomic E-state index is -0.332. The van der Waals surface area contributed by atoms with Crippen LogP contribution in [0.25, 0.3) is 10.9 Å². The predicted octanol–water partition coefficient (Wildman–Crippen LogP) is 6.01. The number of rotatable bonds is 7. The molecule has 2 aromatic heterocycles.